The number of Topliss-reactive ketones (excluding diaryl/α,β-unsaturated/α-hetero) is 1. The first kappa shape index (κ1) is 21.0. The molecular formula is C21H20ClN3O3S. The molecule has 0 aliphatic heterocycles. The summed E-state index contributed by atoms with van der Waals surface area (Å²) in [5.41, 5.74) is 6.59. The molecule has 3 aromatic rings. The predicted molar refractivity (Wildman–Crippen MR) is 118 cm³/mol. The molecule has 0 unspecified atom stereocenters. The smallest absolute Gasteiger partial charge is 0.332 e. The molecule has 0 aliphatic carbocycles. The monoisotopic (exact) mass is 429 g/mol. The second-order valence-electron chi connectivity index (χ2n) is 6.52. The molecule has 0 amide bonds. The zero-order valence-corrected chi connectivity index (χ0v) is 17.4. The van der Waals surface area contributed by atoms with Gasteiger partial charge in [-0.1, -0.05) is 54.1 Å². The van der Waals surface area contributed by atoms with Crippen LogP contribution in [0.4, 0.5) is 5.82 Å². The minimum absolute atomic E-state index is 0.0750. The molecule has 0 bridgehead atoms. The molecule has 2 N–H and O–H groups in total. The standard InChI is InChI=1S/C21H20ClN3O3S/c1-24-20(27)18(17(26)13-29-12-15-7-9-16(22)10-8-15)19(23)25(21(24)28)11-14-5-3-2-4-6-14/h2-10H,11-13,23H2,1H3. The lowest BCUT2D eigenvalue weighted by atomic mass is 10.2. The molecule has 0 radical (unpaired) electrons. The molecule has 0 saturated carbocycles. The number of nitrogens with two attached hydrogens (primary N) is 1. The Kier molecular flexibility index (Phi) is 6.61. The number of halogens is 1. The second kappa shape index (κ2) is 9.15. The SMILES string of the molecule is Cn1c(=O)c(C(=O)CSCc2ccc(Cl)cc2)c(N)n(Cc2ccccc2)c1=O. The van der Waals surface area contributed by atoms with Gasteiger partial charge in [0.15, 0.2) is 5.78 Å². The van der Waals surface area contributed by atoms with Gasteiger partial charge in [-0.3, -0.25) is 18.7 Å². The number of hydrogen-bond donors (Lipinski definition) is 1. The third kappa shape index (κ3) is 4.81. The molecule has 0 saturated heterocycles. The van der Waals surface area contributed by atoms with E-state index in [9.17, 15) is 14.4 Å². The highest BCUT2D eigenvalue weighted by atomic mass is 35.5. The van der Waals surface area contributed by atoms with Crippen LogP contribution in [0.15, 0.2) is 64.2 Å². The van der Waals surface area contributed by atoms with E-state index in [1.165, 1.54) is 23.4 Å². The van der Waals surface area contributed by atoms with Crippen molar-refractivity contribution < 1.29 is 4.79 Å². The average molecular weight is 430 g/mol. The Balaban J connectivity index is 1.84. The van der Waals surface area contributed by atoms with Crippen LogP contribution >= 0.6 is 23.4 Å². The molecule has 0 fully saturated rings. The maximum atomic E-state index is 12.7. The lowest BCUT2D eigenvalue weighted by Gasteiger charge is -2.14. The highest BCUT2D eigenvalue weighted by molar-refractivity contribution is 7.99. The first-order valence-electron chi connectivity index (χ1n) is 8.87. The Morgan fingerprint density at radius 3 is 2.34 bits per heavy atom. The van der Waals surface area contributed by atoms with Crippen molar-refractivity contribution in [2.75, 3.05) is 11.5 Å². The van der Waals surface area contributed by atoms with Gasteiger partial charge in [0.05, 0.1) is 12.3 Å². The quantitative estimate of drug-likeness (QED) is 0.583. The van der Waals surface area contributed by atoms with Crippen LogP contribution < -0.4 is 17.0 Å². The van der Waals surface area contributed by atoms with Crippen molar-refractivity contribution in [2.24, 2.45) is 7.05 Å². The molecule has 0 aliphatic rings. The van der Waals surface area contributed by atoms with Crippen molar-refractivity contribution in [3.05, 3.63) is 97.1 Å². The lowest BCUT2D eigenvalue weighted by molar-refractivity contribution is 0.102. The Bertz CT molecular complexity index is 1140. The molecule has 1 aromatic heterocycles. The number of rotatable bonds is 7. The molecule has 6 nitrogen and oxygen atoms in total. The molecule has 150 valence electrons. The predicted octanol–water partition coefficient (Wildman–Crippen LogP) is 2.95. The number of hydrogen-bond acceptors (Lipinski definition) is 5. The van der Waals surface area contributed by atoms with Gasteiger partial charge in [0.2, 0.25) is 0 Å². The first-order chi connectivity index (χ1) is 13.9. The Labute approximate surface area is 176 Å². The normalized spacial score (nSPS) is 10.8. The van der Waals surface area contributed by atoms with E-state index < -0.39 is 17.0 Å². The van der Waals surface area contributed by atoms with E-state index in [0.29, 0.717) is 10.8 Å². The third-order valence-electron chi connectivity index (χ3n) is 4.46. The van der Waals surface area contributed by atoms with Gasteiger partial charge in [0.25, 0.3) is 5.56 Å². The van der Waals surface area contributed by atoms with Gasteiger partial charge < -0.3 is 5.73 Å². The summed E-state index contributed by atoms with van der Waals surface area (Å²) in [5, 5.41) is 0.645. The van der Waals surface area contributed by atoms with Crippen LogP contribution in [0.3, 0.4) is 0 Å². The molecule has 1 heterocycles. The van der Waals surface area contributed by atoms with Crippen LogP contribution in [0, 0.1) is 0 Å². The van der Waals surface area contributed by atoms with Crippen molar-refractivity contribution >= 4 is 35.0 Å². The van der Waals surface area contributed by atoms with E-state index in [1.807, 2.05) is 42.5 Å². The summed E-state index contributed by atoms with van der Waals surface area (Å²) >= 11 is 7.24. The fraction of sp³-hybridized carbons (Fsp3) is 0.190. The summed E-state index contributed by atoms with van der Waals surface area (Å²) in [6.45, 7) is 0.178. The van der Waals surface area contributed by atoms with Gasteiger partial charge in [-0.2, -0.15) is 0 Å². The van der Waals surface area contributed by atoms with Gasteiger partial charge in [-0.25, -0.2) is 4.79 Å². The molecule has 0 spiro atoms. The molecule has 2 aromatic carbocycles. The topological polar surface area (TPSA) is 87.1 Å². The Morgan fingerprint density at radius 2 is 1.69 bits per heavy atom. The lowest BCUT2D eigenvalue weighted by Crippen LogP contribution is -2.43. The zero-order chi connectivity index (χ0) is 21.0. The number of carbonyl (C=O) groups excluding carboxylic acids is 1. The number of carbonyl (C=O) groups is 1. The fourth-order valence-electron chi connectivity index (χ4n) is 2.88. The summed E-state index contributed by atoms with van der Waals surface area (Å²) < 4.78 is 2.18. The number of ketones is 1. The Hall–Kier alpha value is -2.77. The van der Waals surface area contributed by atoms with Gasteiger partial charge in [0.1, 0.15) is 11.4 Å². The van der Waals surface area contributed by atoms with Crippen LogP contribution in [0.1, 0.15) is 21.5 Å². The van der Waals surface area contributed by atoms with Crippen LogP contribution in [-0.2, 0) is 19.3 Å². The molecule has 3 rings (SSSR count). The van der Waals surface area contributed by atoms with Crippen LogP contribution in [-0.4, -0.2) is 20.7 Å². The fourth-order valence-corrected chi connectivity index (χ4v) is 3.86. The van der Waals surface area contributed by atoms with E-state index in [0.717, 1.165) is 15.7 Å². The van der Waals surface area contributed by atoms with Crippen LogP contribution in [0.5, 0.6) is 0 Å². The van der Waals surface area contributed by atoms with Crippen molar-refractivity contribution in [1.82, 2.24) is 9.13 Å². The molecule has 8 heteroatoms. The van der Waals surface area contributed by atoms with Gasteiger partial charge in [-0.15, -0.1) is 11.8 Å². The summed E-state index contributed by atoms with van der Waals surface area (Å²) in [6.07, 6.45) is 0. The maximum absolute atomic E-state index is 12.7. The highest BCUT2D eigenvalue weighted by Crippen LogP contribution is 2.17. The van der Waals surface area contributed by atoms with Gasteiger partial charge >= 0.3 is 5.69 Å². The minimum Gasteiger partial charge on any atom is -0.384 e. The largest absolute Gasteiger partial charge is 0.384 e. The number of aromatic nitrogens is 2. The number of anilines is 1. The summed E-state index contributed by atoms with van der Waals surface area (Å²) in [6, 6.07) is 16.6. The second-order valence-corrected chi connectivity index (χ2v) is 7.94. The van der Waals surface area contributed by atoms with E-state index in [-0.39, 0.29) is 23.7 Å². The van der Waals surface area contributed by atoms with E-state index in [2.05, 4.69) is 0 Å². The van der Waals surface area contributed by atoms with E-state index in [4.69, 9.17) is 17.3 Å². The van der Waals surface area contributed by atoms with Gasteiger partial charge in [0, 0.05) is 17.8 Å². The van der Waals surface area contributed by atoms with Crippen molar-refractivity contribution in [1.29, 1.82) is 0 Å². The van der Waals surface area contributed by atoms with E-state index >= 15 is 0 Å². The first-order valence-corrected chi connectivity index (χ1v) is 10.4. The summed E-state index contributed by atoms with van der Waals surface area (Å²) in [7, 11) is 1.35. The zero-order valence-electron chi connectivity index (χ0n) is 15.8. The maximum Gasteiger partial charge on any atom is 0.332 e. The van der Waals surface area contributed by atoms with Crippen molar-refractivity contribution in [2.45, 2.75) is 12.3 Å². The highest BCUT2D eigenvalue weighted by Gasteiger charge is 2.21. The average Bonchev–Trinajstić information content (AvgIpc) is 2.72. The number of benzene rings is 2. The number of thioether (sulfide) groups is 1. The van der Waals surface area contributed by atoms with Crippen LogP contribution in [0.25, 0.3) is 0 Å². The van der Waals surface area contributed by atoms with Crippen molar-refractivity contribution in [3.8, 4) is 0 Å². The van der Waals surface area contributed by atoms with Crippen LogP contribution in [0.2, 0.25) is 5.02 Å². The van der Waals surface area contributed by atoms with Gasteiger partial charge in [-0.05, 0) is 23.3 Å². The molecule has 0 atom stereocenters. The van der Waals surface area contributed by atoms with E-state index in [1.54, 1.807) is 12.1 Å². The molecular weight excluding hydrogens is 410 g/mol. The number of nitrogen functional groups attached to an aromatic ring is 1. The number of nitrogens with zero attached hydrogens (tertiary/aromatic N) is 2. The molecule has 29 heavy (non-hydrogen) atoms. The summed E-state index contributed by atoms with van der Waals surface area (Å²) in [5.74, 6) is 0.168. The third-order valence-corrected chi connectivity index (χ3v) is 5.72. The minimum atomic E-state index is -0.672. The summed E-state index contributed by atoms with van der Waals surface area (Å²) in [4.78, 5) is 37.8. The van der Waals surface area contributed by atoms with Crippen molar-refractivity contribution in [3.63, 3.8) is 0 Å². The Morgan fingerprint density at radius 1 is 1.03 bits per heavy atom.